The number of benzene rings is 1. The third kappa shape index (κ3) is 4.81. The van der Waals surface area contributed by atoms with E-state index in [1.54, 1.807) is 31.3 Å². The van der Waals surface area contributed by atoms with Gasteiger partial charge in [0.2, 0.25) is 15.3 Å². The Hall–Kier alpha value is -1.98. The average Bonchev–Trinajstić information content (AvgIpc) is 3.21. The summed E-state index contributed by atoms with van der Waals surface area (Å²) < 4.78 is 40.0. The molecule has 4 rings (SSSR count). The second-order valence-corrected chi connectivity index (χ2v) is 11.5. The van der Waals surface area contributed by atoms with Crippen molar-refractivity contribution in [1.29, 1.82) is 0 Å². The summed E-state index contributed by atoms with van der Waals surface area (Å²) >= 11 is 7.50. The Morgan fingerprint density at radius 3 is 2.64 bits per heavy atom. The SMILES string of the molecule is CCC(c1cccc(-c2nc(C3(C)CCNCC3)sc2-c2ccnc(Cl)n2)c1F)S(N)(=O)=O. The lowest BCUT2D eigenvalue weighted by atomic mass is 9.82. The molecule has 0 radical (unpaired) electrons. The fraction of sp³-hybridized carbons (Fsp3) is 0.409. The Balaban J connectivity index is 1.93. The van der Waals surface area contributed by atoms with Crippen LogP contribution in [0, 0.1) is 5.82 Å². The number of primary sulfonamides is 1. The van der Waals surface area contributed by atoms with Gasteiger partial charge in [-0.3, -0.25) is 0 Å². The number of nitrogens with one attached hydrogen (secondary N) is 1. The maximum Gasteiger partial charge on any atom is 0.222 e. The molecule has 3 N–H and O–H groups in total. The van der Waals surface area contributed by atoms with Crippen LogP contribution >= 0.6 is 22.9 Å². The fourth-order valence-electron chi connectivity index (χ4n) is 4.20. The maximum atomic E-state index is 15.8. The van der Waals surface area contributed by atoms with Crippen molar-refractivity contribution in [2.75, 3.05) is 13.1 Å². The zero-order valence-corrected chi connectivity index (χ0v) is 20.7. The quantitative estimate of drug-likeness (QED) is 0.475. The first kappa shape index (κ1) is 24.2. The zero-order valence-electron chi connectivity index (χ0n) is 18.3. The minimum Gasteiger partial charge on any atom is -0.317 e. The van der Waals surface area contributed by atoms with E-state index in [9.17, 15) is 8.42 Å². The summed E-state index contributed by atoms with van der Waals surface area (Å²) in [5.74, 6) is -0.646. The van der Waals surface area contributed by atoms with Crippen LogP contribution < -0.4 is 10.5 Å². The Morgan fingerprint density at radius 1 is 1.27 bits per heavy atom. The van der Waals surface area contributed by atoms with Crippen LogP contribution in [0.1, 0.15) is 48.9 Å². The van der Waals surface area contributed by atoms with Crippen molar-refractivity contribution in [2.24, 2.45) is 5.14 Å². The third-order valence-corrected chi connectivity index (χ3v) is 9.05. The first-order chi connectivity index (χ1) is 15.6. The van der Waals surface area contributed by atoms with E-state index in [2.05, 4.69) is 22.2 Å². The van der Waals surface area contributed by atoms with Gasteiger partial charge in [0.05, 0.1) is 21.3 Å². The van der Waals surface area contributed by atoms with Crippen molar-refractivity contribution < 1.29 is 12.8 Å². The molecular formula is C22H25ClFN5O2S2. The first-order valence-electron chi connectivity index (χ1n) is 10.7. The van der Waals surface area contributed by atoms with Crippen LogP contribution in [0.4, 0.5) is 4.39 Å². The molecule has 0 aliphatic carbocycles. The second-order valence-electron chi connectivity index (χ2n) is 8.41. The number of piperidine rings is 1. The summed E-state index contributed by atoms with van der Waals surface area (Å²) in [6, 6.07) is 6.40. The molecule has 1 unspecified atom stereocenters. The molecule has 0 amide bonds. The van der Waals surface area contributed by atoms with Crippen LogP contribution in [0.3, 0.4) is 0 Å². The third-order valence-electron chi connectivity index (χ3n) is 6.11. The topological polar surface area (TPSA) is 111 Å². The van der Waals surface area contributed by atoms with Gasteiger partial charge in [-0.25, -0.2) is 32.9 Å². The van der Waals surface area contributed by atoms with Gasteiger partial charge in [0.1, 0.15) is 11.1 Å². The highest BCUT2D eigenvalue weighted by molar-refractivity contribution is 7.89. The molecule has 7 nitrogen and oxygen atoms in total. The van der Waals surface area contributed by atoms with Gasteiger partial charge in [-0.05, 0) is 56.1 Å². The van der Waals surface area contributed by atoms with E-state index >= 15 is 4.39 Å². The average molecular weight is 510 g/mol. The molecule has 11 heteroatoms. The Morgan fingerprint density at radius 2 is 2.00 bits per heavy atom. The van der Waals surface area contributed by atoms with Crippen LogP contribution in [0.5, 0.6) is 0 Å². The highest BCUT2D eigenvalue weighted by Crippen LogP contribution is 2.44. The van der Waals surface area contributed by atoms with Crippen molar-refractivity contribution in [2.45, 2.75) is 43.8 Å². The number of thiazole rings is 1. The van der Waals surface area contributed by atoms with E-state index in [4.69, 9.17) is 21.7 Å². The van der Waals surface area contributed by atoms with Gasteiger partial charge >= 0.3 is 0 Å². The highest BCUT2D eigenvalue weighted by Gasteiger charge is 2.34. The molecule has 1 aliphatic heterocycles. The van der Waals surface area contributed by atoms with Gasteiger partial charge < -0.3 is 5.32 Å². The molecule has 0 bridgehead atoms. The minimum absolute atomic E-state index is 0.0341. The molecule has 1 aromatic carbocycles. The van der Waals surface area contributed by atoms with Crippen LogP contribution in [-0.4, -0.2) is 36.5 Å². The predicted octanol–water partition coefficient (Wildman–Crippen LogP) is 4.44. The van der Waals surface area contributed by atoms with Crippen LogP contribution in [0.25, 0.3) is 21.8 Å². The van der Waals surface area contributed by atoms with E-state index in [0.29, 0.717) is 16.3 Å². The lowest BCUT2D eigenvalue weighted by Gasteiger charge is -2.32. The van der Waals surface area contributed by atoms with E-state index in [-0.39, 0.29) is 28.2 Å². The number of sulfonamides is 1. The summed E-state index contributed by atoms with van der Waals surface area (Å²) in [4.78, 5) is 13.8. The van der Waals surface area contributed by atoms with E-state index < -0.39 is 21.1 Å². The molecule has 1 saturated heterocycles. The first-order valence-corrected chi connectivity index (χ1v) is 13.5. The summed E-state index contributed by atoms with van der Waals surface area (Å²) in [6.07, 6.45) is 3.49. The van der Waals surface area contributed by atoms with Crippen LogP contribution in [-0.2, 0) is 15.4 Å². The summed E-state index contributed by atoms with van der Waals surface area (Å²) in [5.41, 5.74) is 1.02. The van der Waals surface area contributed by atoms with E-state index in [1.807, 2.05) is 0 Å². The minimum atomic E-state index is -3.98. The summed E-state index contributed by atoms with van der Waals surface area (Å²) in [6.45, 7) is 5.56. The fourth-order valence-corrected chi connectivity index (χ4v) is 6.60. The second kappa shape index (κ2) is 9.34. The van der Waals surface area contributed by atoms with Crippen molar-refractivity contribution in [3.8, 4) is 21.8 Å². The summed E-state index contributed by atoms with van der Waals surface area (Å²) in [5, 5.41) is 8.57. The molecule has 0 saturated carbocycles. The monoisotopic (exact) mass is 509 g/mol. The largest absolute Gasteiger partial charge is 0.317 e. The van der Waals surface area contributed by atoms with Crippen molar-refractivity contribution >= 4 is 33.0 Å². The zero-order chi connectivity index (χ0) is 23.8. The molecule has 1 atom stereocenters. The van der Waals surface area contributed by atoms with Gasteiger partial charge in [-0.15, -0.1) is 11.3 Å². The molecular weight excluding hydrogens is 485 g/mol. The smallest absolute Gasteiger partial charge is 0.222 e. The molecule has 1 aliphatic rings. The van der Waals surface area contributed by atoms with Gasteiger partial charge in [-0.2, -0.15) is 0 Å². The number of nitrogens with zero attached hydrogens (tertiary/aromatic N) is 3. The highest BCUT2D eigenvalue weighted by atomic mass is 35.5. The lowest BCUT2D eigenvalue weighted by Crippen LogP contribution is -2.37. The normalized spacial score (nSPS) is 17.1. The Kier molecular flexibility index (Phi) is 6.84. The maximum absolute atomic E-state index is 15.8. The lowest BCUT2D eigenvalue weighted by molar-refractivity contribution is 0.334. The van der Waals surface area contributed by atoms with Gasteiger partial charge in [0.15, 0.2) is 0 Å². The molecule has 1 fully saturated rings. The molecule has 3 heterocycles. The van der Waals surface area contributed by atoms with E-state index in [1.165, 1.54) is 17.4 Å². The molecule has 2 aromatic heterocycles. The Bertz CT molecular complexity index is 1280. The number of aromatic nitrogens is 3. The number of nitrogens with two attached hydrogens (primary N) is 1. The standard InChI is InChI=1S/C22H25ClFN5O2S2/c1-3-16(33(25,30)31)13-5-4-6-14(17(13)24)18-19(15-7-10-27-21(23)28-15)32-20(29-18)22(2)8-11-26-12-9-22/h4-7,10,16,26H,3,8-9,11-12H2,1-2H3,(H2,25,30,31). The van der Waals surface area contributed by atoms with Crippen molar-refractivity contribution in [3.63, 3.8) is 0 Å². The van der Waals surface area contributed by atoms with E-state index in [0.717, 1.165) is 30.9 Å². The molecule has 0 spiro atoms. The van der Waals surface area contributed by atoms with Crippen molar-refractivity contribution in [1.82, 2.24) is 20.3 Å². The van der Waals surface area contributed by atoms with Gasteiger partial charge in [0.25, 0.3) is 0 Å². The van der Waals surface area contributed by atoms with Crippen molar-refractivity contribution in [3.05, 3.63) is 52.1 Å². The molecule has 33 heavy (non-hydrogen) atoms. The van der Waals surface area contributed by atoms with Gasteiger partial charge in [-0.1, -0.05) is 26.0 Å². The number of rotatable bonds is 6. The van der Waals surface area contributed by atoms with Gasteiger partial charge in [0, 0.05) is 22.7 Å². The van der Waals surface area contributed by atoms with Crippen LogP contribution in [0.2, 0.25) is 5.28 Å². The molecule has 176 valence electrons. The summed E-state index contributed by atoms with van der Waals surface area (Å²) in [7, 11) is -3.98. The Labute approximate surface area is 201 Å². The number of hydrogen-bond acceptors (Lipinski definition) is 7. The van der Waals surface area contributed by atoms with Crippen LogP contribution in [0.15, 0.2) is 30.5 Å². The predicted molar refractivity (Wildman–Crippen MR) is 129 cm³/mol. The number of halogens is 2. The molecule has 3 aromatic rings. The number of hydrogen-bond donors (Lipinski definition) is 2.